The number of likely N-dealkylation sites (tertiary alicyclic amines) is 1. The molecule has 1 heterocycles. The van der Waals surface area contributed by atoms with Crippen LogP contribution in [0.15, 0.2) is 24.3 Å². The molecule has 1 aliphatic heterocycles. The minimum Gasteiger partial charge on any atom is -0.480 e. The first-order chi connectivity index (χ1) is 26.2. The highest BCUT2D eigenvalue weighted by Gasteiger charge is 2.36. The SMILES string of the molecule is NCN(CCN(CCN(CCNCC(=O)NCCCC(=O)NNc1ccc(C(=O)NCC(=O)N2CCC[C@H]2B(O)O)cc1)CC(=O)O)CC(=O)O)CC(=O)O. The Balaban J connectivity index is 1.63. The molecular formula is C32H53BN10O12. The molecule has 55 heavy (non-hydrogen) atoms. The van der Waals surface area contributed by atoms with Crippen molar-refractivity contribution in [1.29, 1.82) is 0 Å². The number of hydrogen-bond donors (Lipinski definition) is 11. The molecule has 22 nitrogen and oxygen atoms in total. The monoisotopic (exact) mass is 780 g/mol. The van der Waals surface area contributed by atoms with E-state index in [1.807, 2.05) is 0 Å². The number of nitrogens with zero attached hydrogens (tertiary/aromatic N) is 4. The topological polar surface area (TPSA) is 320 Å². The molecule has 306 valence electrons. The van der Waals surface area contributed by atoms with Crippen LogP contribution in [0.25, 0.3) is 0 Å². The summed E-state index contributed by atoms with van der Waals surface area (Å²) in [6.07, 6.45) is 1.54. The minimum atomic E-state index is -1.64. The minimum absolute atomic E-state index is 0.0259. The summed E-state index contributed by atoms with van der Waals surface area (Å²) >= 11 is 0. The molecule has 0 aromatic heterocycles. The number of rotatable bonds is 28. The molecule has 0 bridgehead atoms. The Morgan fingerprint density at radius 2 is 1.35 bits per heavy atom. The standard InChI is InChI=1S/C32H53BN10O12/c34-22-42(21-31(51)52)16-15-41(20-30(49)50)14-13-40(19-29(47)48)12-10-35-17-27(45)36-9-1-4-26(44)39-38-24-7-5-23(6-8-24)32(53)37-18-28(46)43-11-2-3-25(43)33(54)55/h5-8,25,35,38,54-55H,1-4,9-22,34H2,(H,36,45)(H,37,53)(H,39,44)(H,47,48)(H,49,50)(H,51,52)/t25-/m0/s1. The van der Waals surface area contributed by atoms with E-state index >= 15 is 0 Å². The van der Waals surface area contributed by atoms with Crippen molar-refractivity contribution in [3.8, 4) is 0 Å². The molecule has 1 aromatic carbocycles. The first-order valence-corrected chi connectivity index (χ1v) is 17.8. The van der Waals surface area contributed by atoms with E-state index < -0.39 is 42.8 Å². The zero-order valence-corrected chi connectivity index (χ0v) is 30.7. The van der Waals surface area contributed by atoms with Gasteiger partial charge >= 0.3 is 25.0 Å². The van der Waals surface area contributed by atoms with Crippen LogP contribution in [0.1, 0.15) is 36.0 Å². The third kappa shape index (κ3) is 19.3. The summed E-state index contributed by atoms with van der Waals surface area (Å²) in [6.45, 7) is 0.609. The Morgan fingerprint density at radius 1 is 0.764 bits per heavy atom. The normalized spacial score (nSPS) is 13.9. The van der Waals surface area contributed by atoms with Crippen molar-refractivity contribution in [2.45, 2.75) is 31.6 Å². The maximum absolute atomic E-state index is 12.5. The Morgan fingerprint density at radius 3 is 1.93 bits per heavy atom. The maximum Gasteiger partial charge on any atom is 0.475 e. The summed E-state index contributed by atoms with van der Waals surface area (Å²) in [4.78, 5) is 89.0. The number of hydrogen-bond acceptors (Lipinski definition) is 15. The number of carboxylic acid groups (broad SMARTS) is 3. The third-order valence-corrected chi connectivity index (χ3v) is 8.45. The van der Waals surface area contributed by atoms with Gasteiger partial charge in [0, 0.05) is 71.0 Å². The number of carboxylic acids is 3. The molecule has 1 aliphatic rings. The number of nitrogens with two attached hydrogens (primary N) is 1. The first-order valence-electron chi connectivity index (χ1n) is 17.8. The van der Waals surface area contributed by atoms with Gasteiger partial charge in [-0.25, -0.2) is 0 Å². The van der Waals surface area contributed by atoms with Gasteiger partial charge in [0.25, 0.3) is 5.91 Å². The number of amides is 4. The lowest BCUT2D eigenvalue weighted by atomic mass is 9.78. The lowest BCUT2D eigenvalue weighted by Gasteiger charge is -2.27. The fourth-order valence-electron chi connectivity index (χ4n) is 5.57. The molecule has 4 amide bonds. The van der Waals surface area contributed by atoms with Gasteiger partial charge in [0.2, 0.25) is 17.7 Å². The number of carbonyl (C=O) groups excluding carboxylic acids is 4. The smallest absolute Gasteiger partial charge is 0.475 e. The summed E-state index contributed by atoms with van der Waals surface area (Å²) in [7, 11) is -1.64. The van der Waals surface area contributed by atoms with Crippen molar-refractivity contribution in [2.75, 3.05) is 97.2 Å². The number of nitrogens with one attached hydrogen (secondary N) is 5. The van der Waals surface area contributed by atoms with Crippen molar-refractivity contribution in [2.24, 2.45) is 5.73 Å². The molecule has 0 spiro atoms. The highest BCUT2D eigenvalue weighted by atomic mass is 16.4. The lowest BCUT2D eigenvalue weighted by molar-refractivity contribution is -0.140. The van der Waals surface area contributed by atoms with Crippen LogP contribution in [0, 0.1) is 0 Å². The Bertz CT molecular complexity index is 1420. The van der Waals surface area contributed by atoms with Crippen molar-refractivity contribution in [1.82, 2.24) is 41.0 Å². The van der Waals surface area contributed by atoms with E-state index in [2.05, 4.69) is 26.8 Å². The maximum atomic E-state index is 12.5. The molecule has 12 N–H and O–H groups in total. The quantitative estimate of drug-likeness (QED) is 0.0165. The molecule has 23 heteroatoms. The second-order valence-electron chi connectivity index (χ2n) is 12.7. The highest BCUT2D eigenvalue weighted by molar-refractivity contribution is 6.43. The van der Waals surface area contributed by atoms with Gasteiger partial charge in [-0.15, -0.1) is 0 Å². The van der Waals surface area contributed by atoms with Crippen LogP contribution in [0.3, 0.4) is 0 Å². The molecule has 2 rings (SSSR count). The van der Waals surface area contributed by atoms with Crippen molar-refractivity contribution < 1.29 is 58.9 Å². The summed E-state index contributed by atoms with van der Waals surface area (Å²) < 4.78 is 0. The summed E-state index contributed by atoms with van der Waals surface area (Å²) in [5, 5.41) is 54.5. The van der Waals surface area contributed by atoms with E-state index in [4.69, 9.17) is 10.8 Å². The lowest BCUT2D eigenvalue weighted by Crippen LogP contribution is -2.48. The van der Waals surface area contributed by atoms with Gasteiger partial charge in [0.05, 0.1) is 44.4 Å². The van der Waals surface area contributed by atoms with Gasteiger partial charge in [0.15, 0.2) is 0 Å². The van der Waals surface area contributed by atoms with Gasteiger partial charge in [-0.3, -0.25) is 59.1 Å². The average Bonchev–Trinajstić information content (AvgIpc) is 3.64. The number of carbonyl (C=O) groups is 7. The first kappa shape index (κ1) is 46.2. The molecule has 0 saturated carbocycles. The second kappa shape index (κ2) is 25.2. The molecule has 1 saturated heterocycles. The van der Waals surface area contributed by atoms with Crippen LogP contribution >= 0.6 is 0 Å². The van der Waals surface area contributed by atoms with Gasteiger partial charge in [-0.05, 0) is 43.5 Å². The average molecular weight is 781 g/mol. The van der Waals surface area contributed by atoms with Gasteiger partial charge in [-0.1, -0.05) is 0 Å². The van der Waals surface area contributed by atoms with Crippen LogP contribution in [0.2, 0.25) is 0 Å². The molecule has 1 aromatic rings. The summed E-state index contributed by atoms with van der Waals surface area (Å²) in [5.74, 6) is -5.53. The molecule has 1 fully saturated rings. The number of anilines is 1. The fourth-order valence-corrected chi connectivity index (χ4v) is 5.57. The van der Waals surface area contributed by atoms with Crippen LogP contribution in [0.5, 0.6) is 0 Å². The summed E-state index contributed by atoms with van der Waals surface area (Å²) in [5.41, 5.74) is 11.6. The largest absolute Gasteiger partial charge is 0.480 e. The van der Waals surface area contributed by atoms with E-state index in [0.29, 0.717) is 31.5 Å². The molecule has 0 unspecified atom stereocenters. The number of hydrazine groups is 1. The van der Waals surface area contributed by atoms with Crippen LogP contribution < -0.4 is 32.5 Å². The Hall–Kier alpha value is -4.91. The zero-order chi connectivity index (χ0) is 40.8. The van der Waals surface area contributed by atoms with Gasteiger partial charge in [-0.2, -0.15) is 0 Å². The van der Waals surface area contributed by atoms with Crippen LogP contribution in [0.4, 0.5) is 5.69 Å². The van der Waals surface area contributed by atoms with Crippen LogP contribution in [-0.4, -0.2) is 191 Å². The third-order valence-electron chi connectivity index (χ3n) is 8.45. The fraction of sp³-hybridized carbons (Fsp3) is 0.594. The van der Waals surface area contributed by atoms with E-state index in [9.17, 15) is 53.8 Å². The van der Waals surface area contributed by atoms with E-state index in [1.165, 1.54) is 21.9 Å². The van der Waals surface area contributed by atoms with E-state index in [-0.39, 0.29) is 109 Å². The Kier molecular flexibility index (Phi) is 21.2. The molecule has 0 radical (unpaired) electrons. The van der Waals surface area contributed by atoms with Crippen molar-refractivity contribution >= 4 is 54.3 Å². The van der Waals surface area contributed by atoms with E-state index in [0.717, 1.165) is 0 Å². The zero-order valence-electron chi connectivity index (χ0n) is 30.7. The molecular weight excluding hydrogens is 727 g/mol. The van der Waals surface area contributed by atoms with E-state index in [1.54, 1.807) is 21.9 Å². The summed E-state index contributed by atoms with van der Waals surface area (Å²) in [6, 6.07) is 6.11. The van der Waals surface area contributed by atoms with Crippen LogP contribution in [-0.2, 0) is 28.8 Å². The Labute approximate surface area is 318 Å². The molecule has 0 aliphatic carbocycles. The highest BCUT2D eigenvalue weighted by Crippen LogP contribution is 2.18. The van der Waals surface area contributed by atoms with Gasteiger partial charge in [0.1, 0.15) is 0 Å². The predicted octanol–water partition coefficient (Wildman–Crippen LogP) is -4.58. The second-order valence-corrected chi connectivity index (χ2v) is 12.7. The molecule has 1 atom stereocenters. The number of aliphatic carboxylic acids is 3. The predicted molar refractivity (Wildman–Crippen MR) is 197 cm³/mol. The number of benzene rings is 1. The van der Waals surface area contributed by atoms with Crippen molar-refractivity contribution in [3.05, 3.63) is 29.8 Å². The van der Waals surface area contributed by atoms with Crippen molar-refractivity contribution in [3.63, 3.8) is 0 Å². The van der Waals surface area contributed by atoms with Gasteiger partial charge < -0.3 is 52.0 Å².